The normalized spacial score (nSPS) is 16.2. The molecule has 2 aromatic heterocycles. The van der Waals surface area contributed by atoms with Gasteiger partial charge >= 0.3 is 5.97 Å². The number of hydrogen-bond acceptors (Lipinski definition) is 7. The molecule has 1 saturated heterocycles. The minimum Gasteiger partial charge on any atom is -0.487 e. The molecule has 12 heteroatoms. The van der Waals surface area contributed by atoms with Gasteiger partial charge < -0.3 is 14.0 Å². The van der Waals surface area contributed by atoms with Gasteiger partial charge in [-0.3, -0.25) is 4.79 Å². The highest BCUT2D eigenvalue weighted by atomic mass is 35.5. The number of fused-ring (bicyclic) bond motifs is 1. The molecule has 1 aliphatic rings. The van der Waals surface area contributed by atoms with Gasteiger partial charge in [0, 0.05) is 47.1 Å². The van der Waals surface area contributed by atoms with E-state index < -0.39 is 21.9 Å². The third kappa shape index (κ3) is 4.84. The lowest BCUT2D eigenvalue weighted by Gasteiger charge is -2.19. The summed E-state index contributed by atoms with van der Waals surface area (Å²) in [7, 11) is -2.69. The summed E-state index contributed by atoms with van der Waals surface area (Å²) >= 11 is 13.1. The maximum absolute atomic E-state index is 13.4. The monoisotopic (exact) mass is 574 g/mol. The first-order chi connectivity index (χ1) is 18.2. The summed E-state index contributed by atoms with van der Waals surface area (Å²) in [6.07, 6.45) is 5.63. The fourth-order valence-corrected chi connectivity index (χ4v) is 6.92. The second kappa shape index (κ2) is 10.5. The first-order valence-corrected chi connectivity index (χ1v) is 14.0. The number of pyridine rings is 1. The van der Waals surface area contributed by atoms with Crippen molar-refractivity contribution in [3.05, 3.63) is 76.4 Å². The fraction of sp³-hybridized carbons (Fsp3) is 0.269. The Kier molecular flexibility index (Phi) is 7.32. The summed E-state index contributed by atoms with van der Waals surface area (Å²) in [6, 6.07) is 10.4. The van der Waals surface area contributed by atoms with Crippen molar-refractivity contribution in [3.8, 4) is 11.4 Å². The molecule has 1 aliphatic heterocycles. The molecule has 0 saturated carbocycles. The minimum absolute atomic E-state index is 0.0255. The van der Waals surface area contributed by atoms with Gasteiger partial charge in [-0.05, 0) is 37.6 Å². The zero-order valence-corrected chi connectivity index (χ0v) is 22.9. The van der Waals surface area contributed by atoms with Gasteiger partial charge in [0.2, 0.25) is 10.0 Å². The lowest BCUT2D eigenvalue weighted by atomic mass is 10.1. The number of aromatic nitrogens is 3. The number of aryl methyl sites for hydroxylation is 1. The van der Waals surface area contributed by atoms with Crippen LogP contribution in [-0.2, 0) is 26.2 Å². The number of carbonyl (C=O) groups excluding carboxylic acids is 1. The highest BCUT2D eigenvalue weighted by Gasteiger charge is 2.37. The van der Waals surface area contributed by atoms with E-state index in [1.54, 1.807) is 18.6 Å². The number of ether oxygens (including phenoxy) is 2. The third-order valence-corrected chi connectivity index (χ3v) is 9.32. The maximum Gasteiger partial charge on any atom is 0.310 e. The van der Waals surface area contributed by atoms with Crippen molar-refractivity contribution in [1.82, 2.24) is 18.8 Å². The summed E-state index contributed by atoms with van der Waals surface area (Å²) in [5.74, 6) is -0.458. The van der Waals surface area contributed by atoms with Gasteiger partial charge in [-0.25, -0.2) is 18.4 Å². The van der Waals surface area contributed by atoms with Crippen LogP contribution in [-0.4, -0.2) is 53.4 Å². The van der Waals surface area contributed by atoms with Crippen molar-refractivity contribution >= 4 is 50.1 Å². The van der Waals surface area contributed by atoms with Crippen molar-refractivity contribution in [2.24, 2.45) is 5.92 Å². The Balaban J connectivity index is 1.45. The van der Waals surface area contributed by atoms with Crippen molar-refractivity contribution < 1.29 is 22.7 Å². The number of methoxy groups -OCH3 is 1. The molecule has 1 fully saturated rings. The summed E-state index contributed by atoms with van der Waals surface area (Å²) in [5, 5.41) is 1.10. The fourth-order valence-electron chi connectivity index (χ4n) is 4.56. The van der Waals surface area contributed by atoms with Gasteiger partial charge in [0.05, 0.1) is 30.1 Å². The smallest absolute Gasteiger partial charge is 0.310 e. The molecule has 1 atom stereocenters. The first kappa shape index (κ1) is 26.4. The zero-order chi connectivity index (χ0) is 27.0. The van der Waals surface area contributed by atoms with Crippen LogP contribution in [0.4, 0.5) is 0 Å². The molecule has 0 amide bonds. The van der Waals surface area contributed by atoms with E-state index in [9.17, 15) is 13.2 Å². The van der Waals surface area contributed by atoms with E-state index in [1.165, 1.54) is 23.5 Å². The number of imidazole rings is 1. The highest BCUT2D eigenvalue weighted by Crippen LogP contribution is 2.36. The van der Waals surface area contributed by atoms with Crippen LogP contribution in [0, 0.1) is 12.8 Å². The van der Waals surface area contributed by atoms with Crippen LogP contribution in [0.25, 0.3) is 16.6 Å². The molecule has 38 heavy (non-hydrogen) atoms. The number of para-hydroxylation sites is 1. The van der Waals surface area contributed by atoms with E-state index in [-0.39, 0.29) is 34.6 Å². The van der Waals surface area contributed by atoms with Crippen LogP contribution in [0.1, 0.15) is 17.7 Å². The molecule has 3 heterocycles. The number of carbonyl (C=O) groups is 1. The Bertz CT molecular complexity index is 1630. The Morgan fingerprint density at radius 1 is 1.21 bits per heavy atom. The Hall–Kier alpha value is -3.18. The average molecular weight is 575 g/mol. The van der Waals surface area contributed by atoms with E-state index in [2.05, 4.69) is 9.97 Å². The molecular weight excluding hydrogens is 551 g/mol. The van der Waals surface area contributed by atoms with Gasteiger partial charge in [0.1, 0.15) is 22.8 Å². The second-order valence-corrected chi connectivity index (χ2v) is 11.6. The van der Waals surface area contributed by atoms with E-state index >= 15 is 0 Å². The molecule has 4 aromatic rings. The standard InChI is InChI=1S/C26H24Cl2N4O5S/c1-16-12-21(31-11-9-29-15-31)18-4-3-5-22(25(18)30-16)37-14-19-20(27)6-7-23(24(19)28)38(34,35)32-10-8-17(13-32)26(33)36-2/h3-7,9,11-12,15,17H,8,10,13-14H2,1-2H3. The number of halogens is 2. The molecule has 5 rings (SSSR count). The molecule has 0 spiro atoms. The number of hydrogen-bond donors (Lipinski definition) is 0. The van der Waals surface area contributed by atoms with Gasteiger partial charge in [-0.15, -0.1) is 0 Å². The Morgan fingerprint density at radius 3 is 2.76 bits per heavy atom. The molecule has 0 aliphatic carbocycles. The summed E-state index contributed by atoms with van der Waals surface area (Å²) in [5.41, 5.74) is 2.66. The number of sulfonamides is 1. The van der Waals surface area contributed by atoms with Crippen molar-refractivity contribution in [2.45, 2.75) is 24.8 Å². The number of esters is 1. The number of rotatable bonds is 7. The molecule has 198 valence electrons. The maximum atomic E-state index is 13.4. The van der Waals surface area contributed by atoms with E-state index in [1.807, 2.05) is 35.9 Å². The lowest BCUT2D eigenvalue weighted by Crippen LogP contribution is -2.30. The van der Waals surface area contributed by atoms with Gasteiger partial charge in [-0.1, -0.05) is 35.3 Å². The van der Waals surface area contributed by atoms with Crippen LogP contribution in [0.5, 0.6) is 5.75 Å². The summed E-state index contributed by atoms with van der Waals surface area (Å²) in [6.45, 7) is 2.02. The number of benzene rings is 2. The summed E-state index contributed by atoms with van der Waals surface area (Å²) < 4.78 is 40.8. The van der Waals surface area contributed by atoms with Crippen LogP contribution in [0.15, 0.2) is 60.0 Å². The van der Waals surface area contributed by atoms with Gasteiger partial charge in [0.25, 0.3) is 0 Å². The second-order valence-electron chi connectivity index (χ2n) is 8.90. The van der Waals surface area contributed by atoms with Gasteiger partial charge in [0.15, 0.2) is 0 Å². The average Bonchev–Trinajstić information content (AvgIpc) is 3.61. The Labute approximate surface area is 230 Å². The van der Waals surface area contributed by atoms with Crippen molar-refractivity contribution in [3.63, 3.8) is 0 Å². The molecule has 0 N–H and O–H groups in total. The minimum atomic E-state index is -3.98. The zero-order valence-electron chi connectivity index (χ0n) is 20.6. The number of nitrogens with zero attached hydrogens (tertiary/aromatic N) is 4. The first-order valence-electron chi connectivity index (χ1n) is 11.8. The Morgan fingerprint density at radius 2 is 2.03 bits per heavy atom. The molecule has 9 nitrogen and oxygen atoms in total. The predicted octanol–water partition coefficient (Wildman–Crippen LogP) is 4.80. The highest BCUT2D eigenvalue weighted by molar-refractivity contribution is 7.89. The largest absolute Gasteiger partial charge is 0.487 e. The molecular formula is C26H24Cl2N4O5S. The third-order valence-electron chi connectivity index (χ3n) is 6.52. The van der Waals surface area contributed by atoms with Crippen LogP contribution < -0.4 is 4.74 Å². The van der Waals surface area contributed by atoms with Crippen molar-refractivity contribution in [2.75, 3.05) is 20.2 Å². The molecule has 0 bridgehead atoms. The molecule has 2 aromatic carbocycles. The predicted molar refractivity (Wildman–Crippen MR) is 143 cm³/mol. The van der Waals surface area contributed by atoms with Crippen molar-refractivity contribution in [1.29, 1.82) is 0 Å². The summed E-state index contributed by atoms with van der Waals surface area (Å²) in [4.78, 5) is 20.6. The quantitative estimate of drug-likeness (QED) is 0.292. The topological polar surface area (TPSA) is 104 Å². The van der Waals surface area contributed by atoms with E-state index in [0.29, 0.717) is 23.3 Å². The van der Waals surface area contributed by atoms with Crippen LogP contribution in [0.2, 0.25) is 10.0 Å². The van der Waals surface area contributed by atoms with E-state index in [0.717, 1.165) is 16.8 Å². The molecule has 1 unspecified atom stereocenters. The molecule has 0 radical (unpaired) electrons. The van der Waals surface area contributed by atoms with Crippen LogP contribution >= 0.6 is 23.2 Å². The van der Waals surface area contributed by atoms with E-state index in [4.69, 9.17) is 32.7 Å². The van der Waals surface area contributed by atoms with Crippen LogP contribution in [0.3, 0.4) is 0 Å². The van der Waals surface area contributed by atoms with Gasteiger partial charge in [-0.2, -0.15) is 4.31 Å². The lowest BCUT2D eigenvalue weighted by molar-refractivity contribution is -0.144. The SMILES string of the molecule is COC(=O)C1CCN(S(=O)(=O)c2ccc(Cl)c(COc3cccc4c(-n5ccnc5)cc(C)nc34)c2Cl)C1.